The van der Waals surface area contributed by atoms with E-state index in [0.29, 0.717) is 5.56 Å². The van der Waals surface area contributed by atoms with E-state index in [-0.39, 0.29) is 11.8 Å². The number of aromatic nitrogens is 1. The Morgan fingerprint density at radius 2 is 2.09 bits per heavy atom. The van der Waals surface area contributed by atoms with Crippen LogP contribution in [0.2, 0.25) is 0 Å². The lowest BCUT2D eigenvalue weighted by Gasteiger charge is -1.97. The highest BCUT2D eigenvalue weighted by Crippen LogP contribution is 2.30. The van der Waals surface area contributed by atoms with Crippen LogP contribution < -0.4 is 0 Å². The van der Waals surface area contributed by atoms with Crippen LogP contribution in [0.25, 0.3) is 5.57 Å². The van der Waals surface area contributed by atoms with Gasteiger partial charge in [0.05, 0.1) is 0 Å². The van der Waals surface area contributed by atoms with Crippen molar-refractivity contribution in [1.82, 2.24) is 4.57 Å². The van der Waals surface area contributed by atoms with Gasteiger partial charge in [0.2, 0.25) is 5.88 Å². The van der Waals surface area contributed by atoms with Crippen molar-refractivity contribution >= 4 is 5.57 Å². The predicted octanol–water partition coefficient (Wildman–Crippen LogP) is 1.47. The maximum Gasteiger partial charge on any atom is 0.201 e. The lowest BCUT2D eigenvalue weighted by molar-refractivity contribution is 0.386. The second kappa shape index (κ2) is 2.34. The number of allylic oxidation sites excluding steroid dienone is 1. The molecule has 0 aromatic carbocycles. The third kappa shape index (κ3) is 1.09. The molecule has 0 saturated heterocycles. The summed E-state index contributed by atoms with van der Waals surface area (Å²) in [4.78, 5) is 0. The number of aromatic hydroxyl groups is 2. The van der Waals surface area contributed by atoms with E-state index in [4.69, 9.17) is 5.11 Å². The molecule has 1 aromatic heterocycles. The summed E-state index contributed by atoms with van der Waals surface area (Å²) < 4.78 is 1.30. The lowest BCUT2D eigenvalue weighted by Crippen LogP contribution is -1.84. The van der Waals surface area contributed by atoms with Crippen LogP contribution in [-0.4, -0.2) is 14.8 Å². The molecule has 3 nitrogen and oxygen atoms in total. The van der Waals surface area contributed by atoms with Crippen molar-refractivity contribution in [2.24, 2.45) is 7.05 Å². The second-order valence-corrected chi connectivity index (χ2v) is 2.58. The van der Waals surface area contributed by atoms with Gasteiger partial charge < -0.3 is 10.2 Å². The van der Waals surface area contributed by atoms with Crippen LogP contribution in [-0.2, 0) is 7.05 Å². The topological polar surface area (TPSA) is 45.4 Å². The van der Waals surface area contributed by atoms with Crippen LogP contribution in [0, 0.1) is 0 Å². The minimum absolute atomic E-state index is 0.0421. The molecule has 2 N–H and O–H groups in total. The molecule has 0 unspecified atom stereocenters. The van der Waals surface area contributed by atoms with Crippen molar-refractivity contribution in [3.8, 4) is 11.8 Å². The Balaban J connectivity index is 3.29. The Morgan fingerprint density at radius 3 is 2.27 bits per heavy atom. The van der Waals surface area contributed by atoms with Crippen LogP contribution in [0.4, 0.5) is 0 Å². The van der Waals surface area contributed by atoms with Gasteiger partial charge >= 0.3 is 0 Å². The van der Waals surface area contributed by atoms with E-state index in [9.17, 15) is 5.11 Å². The maximum absolute atomic E-state index is 9.33. The average molecular weight is 153 g/mol. The fraction of sp³-hybridized carbons (Fsp3) is 0.250. The predicted molar refractivity (Wildman–Crippen MR) is 43.5 cm³/mol. The SMILES string of the molecule is C=C(C)c1cc(O)n(C)c1O. The maximum atomic E-state index is 9.33. The van der Waals surface area contributed by atoms with Gasteiger partial charge in [-0.3, -0.25) is 4.57 Å². The molecule has 0 atom stereocenters. The molecular formula is C8H11NO2. The molecule has 0 aliphatic heterocycles. The molecule has 0 spiro atoms. The molecule has 0 saturated carbocycles. The first-order valence-corrected chi connectivity index (χ1v) is 3.27. The summed E-state index contributed by atoms with van der Waals surface area (Å²) >= 11 is 0. The van der Waals surface area contributed by atoms with Gasteiger partial charge in [-0.25, -0.2) is 0 Å². The minimum Gasteiger partial charge on any atom is -0.494 e. The van der Waals surface area contributed by atoms with Crippen molar-refractivity contribution in [3.63, 3.8) is 0 Å². The Labute approximate surface area is 65.2 Å². The second-order valence-electron chi connectivity index (χ2n) is 2.58. The van der Waals surface area contributed by atoms with Gasteiger partial charge in [0.25, 0.3) is 0 Å². The van der Waals surface area contributed by atoms with E-state index >= 15 is 0 Å². The zero-order valence-corrected chi connectivity index (χ0v) is 6.63. The van der Waals surface area contributed by atoms with Crippen molar-refractivity contribution in [2.45, 2.75) is 6.92 Å². The zero-order valence-electron chi connectivity index (χ0n) is 6.63. The molecule has 0 aliphatic rings. The highest BCUT2D eigenvalue weighted by molar-refractivity contribution is 5.67. The molecular weight excluding hydrogens is 142 g/mol. The Kier molecular flexibility index (Phi) is 1.64. The molecule has 0 amide bonds. The van der Waals surface area contributed by atoms with Crippen LogP contribution in [0.5, 0.6) is 11.8 Å². The molecule has 11 heavy (non-hydrogen) atoms. The fourth-order valence-corrected chi connectivity index (χ4v) is 0.894. The third-order valence-corrected chi connectivity index (χ3v) is 1.64. The molecule has 0 bridgehead atoms. The van der Waals surface area contributed by atoms with Gasteiger partial charge in [0, 0.05) is 18.7 Å². The summed E-state index contributed by atoms with van der Waals surface area (Å²) in [6.07, 6.45) is 0. The smallest absolute Gasteiger partial charge is 0.201 e. The Bertz CT molecular complexity index is 299. The van der Waals surface area contributed by atoms with Crippen LogP contribution in [0.15, 0.2) is 12.6 Å². The first kappa shape index (κ1) is 7.72. The monoisotopic (exact) mass is 153 g/mol. The molecule has 60 valence electrons. The number of hydrogen-bond donors (Lipinski definition) is 2. The number of hydrogen-bond acceptors (Lipinski definition) is 2. The van der Waals surface area contributed by atoms with Gasteiger partial charge in [0.15, 0.2) is 5.88 Å². The number of nitrogens with zero attached hydrogens (tertiary/aromatic N) is 1. The lowest BCUT2D eigenvalue weighted by atomic mass is 10.2. The van der Waals surface area contributed by atoms with E-state index in [1.807, 2.05) is 0 Å². The fourth-order valence-electron chi connectivity index (χ4n) is 0.894. The number of rotatable bonds is 1. The van der Waals surface area contributed by atoms with Crippen LogP contribution >= 0.6 is 0 Å². The van der Waals surface area contributed by atoms with E-state index < -0.39 is 0 Å². The van der Waals surface area contributed by atoms with Crippen molar-refractivity contribution in [1.29, 1.82) is 0 Å². The van der Waals surface area contributed by atoms with Gasteiger partial charge in [-0.2, -0.15) is 0 Å². The van der Waals surface area contributed by atoms with E-state index in [1.54, 1.807) is 14.0 Å². The first-order chi connectivity index (χ1) is 5.04. The van der Waals surface area contributed by atoms with Crippen molar-refractivity contribution < 1.29 is 10.2 Å². The van der Waals surface area contributed by atoms with E-state index in [0.717, 1.165) is 5.57 Å². The normalized spacial score (nSPS) is 10.0. The van der Waals surface area contributed by atoms with Gasteiger partial charge in [-0.05, 0) is 12.5 Å². The molecule has 0 radical (unpaired) electrons. The summed E-state index contributed by atoms with van der Waals surface area (Å²) in [6, 6.07) is 1.48. The summed E-state index contributed by atoms with van der Waals surface area (Å²) in [5.74, 6) is 0.0931. The first-order valence-electron chi connectivity index (χ1n) is 3.27. The largest absolute Gasteiger partial charge is 0.494 e. The Morgan fingerprint density at radius 1 is 1.55 bits per heavy atom. The van der Waals surface area contributed by atoms with Crippen molar-refractivity contribution in [2.75, 3.05) is 0 Å². The molecule has 0 fully saturated rings. The van der Waals surface area contributed by atoms with E-state index in [1.165, 1.54) is 10.6 Å². The summed E-state index contributed by atoms with van der Waals surface area (Å²) in [6.45, 7) is 5.43. The highest BCUT2D eigenvalue weighted by atomic mass is 16.3. The third-order valence-electron chi connectivity index (χ3n) is 1.64. The highest BCUT2D eigenvalue weighted by Gasteiger charge is 2.09. The molecule has 1 rings (SSSR count). The van der Waals surface area contributed by atoms with Crippen molar-refractivity contribution in [3.05, 3.63) is 18.2 Å². The summed E-state index contributed by atoms with van der Waals surface area (Å²) in [5.41, 5.74) is 1.32. The summed E-state index contributed by atoms with van der Waals surface area (Å²) in [7, 11) is 1.58. The standard InChI is InChI=1S/C8H11NO2/c1-5(2)6-4-7(10)9(3)8(6)11/h4,10-11H,1H2,2-3H3. The van der Waals surface area contributed by atoms with E-state index in [2.05, 4.69) is 6.58 Å². The average Bonchev–Trinajstić information content (AvgIpc) is 2.17. The molecule has 0 aliphatic carbocycles. The Hall–Kier alpha value is -1.38. The minimum atomic E-state index is 0.0421. The van der Waals surface area contributed by atoms with Gasteiger partial charge in [0.1, 0.15) is 0 Å². The molecule has 3 heteroatoms. The molecule has 1 heterocycles. The van der Waals surface area contributed by atoms with Crippen LogP contribution in [0.3, 0.4) is 0 Å². The summed E-state index contributed by atoms with van der Waals surface area (Å²) in [5, 5.41) is 18.5. The van der Waals surface area contributed by atoms with Crippen LogP contribution in [0.1, 0.15) is 12.5 Å². The zero-order chi connectivity index (χ0) is 8.59. The van der Waals surface area contributed by atoms with Gasteiger partial charge in [-0.15, -0.1) is 0 Å². The molecule has 1 aromatic rings. The quantitative estimate of drug-likeness (QED) is 0.641. The van der Waals surface area contributed by atoms with Gasteiger partial charge in [-0.1, -0.05) is 6.58 Å².